The minimum atomic E-state index is -0.522. The van der Waals surface area contributed by atoms with Gasteiger partial charge in [-0.15, -0.1) is 0 Å². The first-order valence-corrected chi connectivity index (χ1v) is 9.52. The zero-order chi connectivity index (χ0) is 19.6. The van der Waals surface area contributed by atoms with E-state index in [9.17, 15) is 14.0 Å². The quantitative estimate of drug-likeness (QED) is 0.682. The van der Waals surface area contributed by atoms with Gasteiger partial charge in [0.05, 0.1) is 0 Å². The predicted molar refractivity (Wildman–Crippen MR) is 100 cm³/mol. The maximum Gasteiger partial charge on any atom is 0.163 e. The Bertz CT molecular complexity index is 865. The number of hydrogen-bond acceptors (Lipinski definition) is 3. The molecule has 1 heterocycles. The van der Waals surface area contributed by atoms with Crippen molar-refractivity contribution in [3.05, 3.63) is 58.3 Å². The van der Waals surface area contributed by atoms with Gasteiger partial charge < -0.3 is 4.74 Å². The van der Waals surface area contributed by atoms with E-state index in [0.29, 0.717) is 53.9 Å². The number of halogens is 1. The van der Waals surface area contributed by atoms with Crippen molar-refractivity contribution in [1.29, 1.82) is 0 Å². The van der Waals surface area contributed by atoms with Gasteiger partial charge in [-0.2, -0.15) is 0 Å². The lowest BCUT2D eigenvalue weighted by molar-refractivity contribution is -0.120. The number of carbonyl (C=O) groups excluding carboxylic acids is 2. The minimum Gasteiger partial charge on any atom is -0.465 e. The van der Waals surface area contributed by atoms with Crippen LogP contribution >= 0.6 is 0 Å². The molecular weight excluding hydrogens is 343 g/mol. The summed E-state index contributed by atoms with van der Waals surface area (Å²) in [6.07, 6.45) is 2.10. The van der Waals surface area contributed by atoms with Gasteiger partial charge in [0.1, 0.15) is 17.3 Å². The molecule has 3 nitrogen and oxygen atoms in total. The largest absolute Gasteiger partial charge is 0.465 e. The molecule has 0 unspecified atom stereocenters. The van der Waals surface area contributed by atoms with Crippen LogP contribution in [-0.4, -0.2) is 11.6 Å². The van der Waals surface area contributed by atoms with Crippen LogP contribution < -0.4 is 0 Å². The van der Waals surface area contributed by atoms with Crippen LogP contribution in [0.15, 0.2) is 46.9 Å². The summed E-state index contributed by atoms with van der Waals surface area (Å²) in [5.41, 5.74) is 1.38. The number of benzene rings is 1. The lowest BCUT2D eigenvalue weighted by atomic mass is 9.65. The highest BCUT2D eigenvalue weighted by Gasteiger charge is 2.47. The number of ether oxygens (including phenoxy) is 1. The first kappa shape index (κ1) is 18.1. The van der Waals surface area contributed by atoms with Crippen molar-refractivity contribution < 1.29 is 18.7 Å². The lowest BCUT2D eigenvalue weighted by Gasteiger charge is -2.42. The highest BCUT2D eigenvalue weighted by atomic mass is 19.1. The molecule has 27 heavy (non-hydrogen) atoms. The molecule has 0 spiro atoms. The minimum absolute atomic E-state index is 0.000283. The second-order valence-corrected chi connectivity index (χ2v) is 9.65. The summed E-state index contributed by atoms with van der Waals surface area (Å²) in [6, 6.07) is 6.25. The van der Waals surface area contributed by atoms with E-state index < -0.39 is 5.92 Å². The van der Waals surface area contributed by atoms with Crippen LogP contribution in [0.1, 0.15) is 64.9 Å². The summed E-state index contributed by atoms with van der Waals surface area (Å²) in [7, 11) is 0. The second kappa shape index (κ2) is 5.88. The summed E-state index contributed by atoms with van der Waals surface area (Å²) in [4.78, 5) is 26.1. The average Bonchev–Trinajstić information content (AvgIpc) is 2.50. The third-order valence-corrected chi connectivity index (χ3v) is 5.76. The van der Waals surface area contributed by atoms with Gasteiger partial charge in [-0.25, -0.2) is 4.39 Å². The van der Waals surface area contributed by atoms with E-state index in [-0.39, 0.29) is 28.2 Å². The molecular formula is C23H25FO3. The fourth-order valence-corrected chi connectivity index (χ4v) is 4.69. The topological polar surface area (TPSA) is 43.4 Å². The van der Waals surface area contributed by atoms with Crippen molar-refractivity contribution in [1.82, 2.24) is 0 Å². The van der Waals surface area contributed by atoms with Gasteiger partial charge >= 0.3 is 0 Å². The summed E-state index contributed by atoms with van der Waals surface area (Å²) < 4.78 is 20.2. The smallest absolute Gasteiger partial charge is 0.163 e. The van der Waals surface area contributed by atoms with Crippen molar-refractivity contribution in [3.8, 4) is 0 Å². The first-order valence-electron chi connectivity index (χ1n) is 9.52. The van der Waals surface area contributed by atoms with E-state index >= 15 is 0 Å². The molecule has 0 radical (unpaired) electrons. The van der Waals surface area contributed by atoms with Crippen LogP contribution in [0, 0.1) is 16.6 Å². The molecule has 1 aromatic carbocycles. The van der Waals surface area contributed by atoms with Gasteiger partial charge in [-0.05, 0) is 28.5 Å². The number of rotatable bonds is 1. The highest BCUT2D eigenvalue weighted by Crippen LogP contribution is 2.53. The highest BCUT2D eigenvalue weighted by molar-refractivity contribution is 6.06. The molecule has 0 bridgehead atoms. The predicted octanol–water partition coefficient (Wildman–Crippen LogP) is 5.23. The summed E-state index contributed by atoms with van der Waals surface area (Å²) in [5, 5.41) is 0. The van der Waals surface area contributed by atoms with E-state index in [1.165, 1.54) is 12.1 Å². The number of hydrogen-bond donors (Lipinski definition) is 0. The maximum absolute atomic E-state index is 14.0. The molecule has 0 atom stereocenters. The fraction of sp³-hybridized carbons (Fsp3) is 0.478. The Morgan fingerprint density at radius 2 is 1.41 bits per heavy atom. The number of carbonyl (C=O) groups is 2. The van der Waals surface area contributed by atoms with Gasteiger partial charge in [0.2, 0.25) is 0 Å². The summed E-state index contributed by atoms with van der Waals surface area (Å²) in [6.45, 7) is 8.20. The van der Waals surface area contributed by atoms with E-state index in [0.717, 1.165) is 0 Å². The molecule has 1 aliphatic heterocycles. The molecule has 4 heteroatoms. The Balaban J connectivity index is 1.92. The van der Waals surface area contributed by atoms with E-state index in [2.05, 4.69) is 27.7 Å². The number of ketones is 2. The van der Waals surface area contributed by atoms with Crippen LogP contribution in [0.25, 0.3) is 0 Å². The van der Waals surface area contributed by atoms with Crippen LogP contribution in [0.5, 0.6) is 0 Å². The van der Waals surface area contributed by atoms with Crippen molar-refractivity contribution in [2.24, 2.45) is 10.8 Å². The molecule has 0 amide bonds. The van der Waals surface area contributed by atoms with E-state index in [1.807, 2.05) is 0 Å². The number of allylic oxidation sites excluding steroid dienone is 4. The molecule has 3 aliphatic rings. The zero-order valence-electron chi connectivity index (χ0n) is 16.3. The van der Waals surface area contributed by atoms with Crippen molar-refractivity contribution in [2.45, 2.75) is 59.3 Å². The van der Waals surface area contributed by atoms with Crippen LogP contribution in [0.2, 0.25) is 0 Å². The van der Waals surface area contributed by atoms with Crippen LogP contribution in [0.3, 0.4) is 0 Å². The molecule has 4 rings (SSSR count). The molecule has 0 fully saturated rings. The lowest BCUT2D eigenvalue weighted by Crippen LogP contribution is -2.37. The van der Waals surface area contributed by atoms with Gasteiger partial charge in [0.15, 0.2) is 11.6 Å². The normalized spacial score (nSPS) is 24.5. The Morgan fingerprint density at radius 3 is 1.89 bits per heavy atom. The Morgan fingerprint density at radius 1 is 0.889 bits per heavy atom. The van der Waals surface area contributed by atoms with Crippen molar-refractivity contribution >= 4 is 11.6 Å². The van der Waals surface area contributed by atoms with Gasteiger partial charge in [-0.1, -0.05) is 39.8 Å². The second-order valence-electron chi connectivity index (χ2n) is 9.65. The zero-order valence-corrected chi connectivity index (χ0v) is 16.3. The molecule has 0 aromatic heterocycles. The van der Waals surface area contributed by atoms with Crippen molar-refractivity contribution in [2.75, 3.05) is 0 Å². The fourth-order valence-electron chi connectivity index (χ4n) is 4.69. The molecule has 0 saturated carbocycles. The SMILES string of the molecule is CC1(C)CC(=O)C2=C(C1)OC1=C(C(=O)CC(C)(C)C1)C2c1cccc(F)c1. The molecule has 2 aliphatic carbocycles. The number of Topliss-reactive ketones (excluding diaryl/α,β-unsaturated/α-hetero) is 2. The monoisotopic (exact) mass is 368 g/mol. The van der Waals surface area contributed by atoms with Gasteiger partial charge in [0, 0.05) is 42.7 Å². The van der Waals surface area contributed by atoms with Crippen molar-refractivity contribution in [3.63, 3.8) is 0 Å². The Labute approximate surface area is 159 Å². The summed E-state index contributed by atoms with van der Waals surface area (Å²) >= 11 is 0. The standard InChI is InChI=1S/C23H25FO3/c1-22(2)9-15(25)20-17(11-22)27-18-12-23(3,4)10-16(26)21(18)19(20)13-6-5-7-14(24)8-13/h5-8,19H,9-12H2,1-4H3. The van der Waals surface area contributed by atoms with Gasteiger partial charge in [0.25, 0.3) is 0 Å². The Kier molecular flexibility index (Phi) is 3.95. The average molecular weight is 368 g/mol. The van der Waals surface area contributed by atoms with E-state index in [4.69, 9.17) is 4.74 Å². The van der Waals surface area contributed by atoms with Crippen LogP contribution in [-0.2, 0) is 14.3 Å². The Hall–Kier alpha value is -2.23. The molecule has 0 saturated heterocycles. The first-order chi connectivity index (χ1) is 12.6. The van der Waals surface area contributed by atoms with Crippen LogP contribution in [0.4, 0.5) is 4.39 Å². The molecule has 1 aromatic rings. The molecule has 0 N–H and O–H groups in total. The third kappa shape index (κ3) is 3.15. The van der Waals surface area contributed by atoms with Gasteiger partial charge in [-0.3, -0.25) is 9.59 Å². The third-order valence-electron chi connectivity index (χ3n) is 5.76. The maximum atomic E-state index is 14.0. The molecule has 142 valence electrons. The summed E-state index contributed by atoms with van der Waals surface area (Å²) in [5.74, 6) is 0.436. The van der Waals surface area contributed by atoms with E-state index in [1.54, 1.807) is 12.1 Å².